The zero-order chi connectivity index (χ0) is 12.0. The molecule has 0 spiro atoms. The van der Waals surface area contributed by atoms with E-state index in [4.69, 9.17) is 0 Å². The van der Waals surface area contributed by atoms with Gasteiger partial charge in [-0.2, -0.15) is 0 Å². The molecule has 0 aromatic carbocycles. The number of aromatic nitrogens is 1. The summed E-state index contributed by atoms with van der Waals surface area (Å²) in [6, 6.07) is 3.81. The van der Waals surface area contributed by atoms with Crippen LogP contribution in [0.3, 0.4) is 0 Å². The summed E-state index contributed by atoms with van der Waals surface area (Å²) in [5.41, 5.74) is 1.11. The number of hydrogen-bond donors (Lipinski definition) is 0. The van der Waals surface area contributed by atoms with Gasteiger partial charge in [-0.05, 0) is 30.5 Å². The molecule has 1 rings (SSSR count). The molecule has 0 amide bonds. The molecule has 1 aromatic rings. The van der Waals surface area contributed by atoms with Crippen LogP contribution in [0.25, 0.3) is 0 Å². The third-order valence-corrected chi connectivity index (χ3v) is 4.46. The maximum Gasteiger partial charge on any atom is 0.213 e. The van der Waals surface area contributed by atoms with Crippen molar-refractivity contribution >= 4 is 10.0 Å². The first kappa shape index (κ1) is 13.1. The molecule has 0 aliphatic heterocycles. The van der Waals surface area contributed by atoms with Crippen molar-refractivity contribution < 1.29 is 8.42 Å². The van der Waals surface area contributed by atoms with Crippen molar-refractivity contribution in [1.82, 2.24) is 9.29 Å². The Bertz CT molecular complexity index is 403. The van der Waals surface area contributed by atoms with E-state index < -0.39 is 10.0 Å². The highest BCUT2D eigenvalue weighted by molar-refractivity contribution is 7.89. The molecule has 1 aromatic heterocycles. The third-order valence-electron chi connectivity index (χ3n) is 2.40. The van der Waals surface area contributed by atoms with E-state index in [0.717, 1.165) is 12.0 Å². The van der Waals surface area contributed by atoms with Crippen molar-refractivity contribution in [3.05, 3.63) is 30.1 Å². The van der Waals surface area contributed by atoms with E-state index in [2.05, 4.69) is 4.98 Å². The molecular weight excluding hydrogens is 224 g/mol. The van der Waals surface area contributed by atoms with Gasteiger partial charge in [0.15, 0.2) is 0 Å². The van der Waals surface area contributed by atoms with E-state index in [0.29, 0.717) is 13.0 Å². The Hall–Kier alpha value is -0.940. The van der Waals surface area contributed by atoms with Crippen LogP contribution >= 0.6 is 0 Å². The summed E-state index contributed by atoms with van der Waals surface area (Å²) in [6.07, 6.45) is 4.82. The molecule has 0 atom stereocenters. The van der Waals surface area contributed by atoms with Crippen molar-refractivity contribution in [2.24, 2.45) is 0 Å². The minimum atomic E-state index is -3.06. The second kappa shape index (κ2) is 5.96. The Morgan fingerprint density at radius 2 is 1.94 bits per heavy atom. The van der Waals surface area contributed by atoms with Gasteiger partial charge in [0.2, 0.25) is 10.0 Å². The van der Waals surface area contributed by atoms with E-state index in [1.54, 1.807) is 19.4 Å². The lowest BCUT2D eigenvalue weighted by Crippen LogP contribution is -2.30. The summed E-state index contributed by atoms with van der Waals surface area (Å²) >= 11 is 0. The van der Waals surface area contributed by atoms with E-state index in [1.807, 2.05) is 19.1 Å². The summed E-state index contributed by atoms with van der Waals surface area (Å²) in [7, 11) is -1.43. The monoisotopic (exact) mass is 242 g/mol. The molecule has 0 fully saturated rings. The first-order chi connectivity index (χ1) is 7.56. The largest absolute Gasteiger partial charge is 0.265 e. The summed E-state index contributed by atoms with van der Waals surface area (Å²) in [4.78, 5) is 3.92. The highest BCUT2D eigenvalue weighted by Crippen LogP contribution is 2.04. The Balaban J connectivity index is 2.50. The van der Waals surface area contributed by atoms with E-state index in [-0.39, 0.29) is 5.75 Å². The van der Waals surface area contributed by atoms with Crippen LogP contribution in [-0.4, -0.2) is 37.1 Å². The Kier molecular flexibility index (Phi) is 4.89. The summed E-state index contributed by atoms with van der Waals surface area (Å²) < 4.78 is 24.8. The van der Waals surface area contributed by atoms with Crippen LogP contribution in [0.4, 0.5) is 0 Å². The van der Waals surface area contributed by atoms with Gasteiger partial charge in [-0.3, -0.25) is 4.98 Å². The molecule has 0 saturated carbocycles. The predicted octanol–water partition coefficient (Wildman–Crippen LogP) is 1.30. The standard InChI is InChI=1S/C11H18N2O2S/c1-3-10-16(14,15)13(2)9-6-11-4-7-12-8-5-11/h4-5,7-8H,3,6,9-10H2,1-2H3. The van der Waals surface area contributed by atoms with E-state index in [9.17, 15) is 8.42 Å². The van der Waals surface area contributed by atoms with Crippen molar-refractivity contribution in [2.75, 3.05) is 19.3 Å². The molecule has 0 aliphatic rings. The fourth-order valence-corrected chi connectivity index (χ4v) is 2.59. The molecule has 1 heterocycles. The summed E-state index contributed by atoms with van der Waals surface area (Å²) in [5.74, 6) is 0.222. The molecule has 0 radical (unpaired) electrons. The third kappa shape index (κ3) is 3.90. The fourth-order valence-electron chi connectivity index (χ4n) is 1.39. The van der Waals surface area contributed by atoms with Crippen LogP contribution in [0.15, 0.2) is 24.5 Å². The second-order valence-electron chi connectivity index (χ2n) is 3.74. The number of hydrogen-bond acceptors (Lipinski definition) is 3. The van der Waals surface area contributed by atoms with Gasteiger partial charge in [-0.1, -0.05) is 6.92 Å². The van der Waals surface area contributed by atoms with Crippen molar-refractivity contribution in [2.45, 2.75) is 19.8 Å². The maximum atomic E-state index is 11.7. The normalized spacial score (nSPS) is 11.9. The van der Waals surface area contributed by atoms with Crippen molar-refractivity contribution in [3.63, 3.8) is 0 Å². The van der Waals surface area contributed by atoms with Gasteiger partial charge >= 0.3 is 0 Å². The molecule has 90 valence electrons. The first-order valence-electron chi connectivity index (χ1n) is 5.39. The fraction of sp³-hybridized carbons (Fsp3) is 0.545. The highest BCUT2D eigenvalue weighted by Gasteiger charge is 2.15. The van der Waals surface area contributed by atoms with Gasteiger partial charge in [0.05, 0.1) is 5.75 Å². The van der Waals surface area contributed by atoms with Gasteiger partial charge < -0.3 is 0 Å². The minimum absolute atomic E-state index is 0.222. The van der Waals surface area contributed by atoms with Gasteiger partial charge in [-0.15, -0.1) is 0 Å². The lowest BCUT2D eigenvalue weighted by Gasteiger charge is -2.16. The van der Waals surface area contributed by atoms with Crippen LogP contribution in [-0.2, 0) is 16.4 Å². The topological polar surface area (TPSA) is 50.3 Å². The average Bonchev–Trinajstić information content (AvgIpc) is 2.27. The van der Waals surface area contributed by atoms with Crippen LogP contribution < -0.4 is 0 Å². The quantitative estimate of drug-likeness (QED) is 0.755. The molecule has 0 bridgehead atoms. The van der Waals surface area contributed by atoms with E-state index in [1.165, 1.54) is 4.31 Å². The number of pyridine rings is 1. The number of rotatable bonds is 6. The Morgan fingerprint density at radius 3 is 2.50 bits per heavy atom. The van der Waals surface area contributed by atoms with Gasteiger partial charge in [-0.25, -0.2) is 12.7 Å². The van der Waals surface area contributed by atoms with Crippen LogP contribution in [0.5, 0.6) is 0 Å². The maximum absolute atomic E-state index is 11.7. The van der Waals surface area contributed by atoms with Crippen molar-refractivity contribution in [1.29, 1.82) is 0 Å². The number of nitrogens with zero attached hydrogens (tertiary/aromatic N) is 2. The molecule has 5 heteroatoms. The Labute approximate surface area is 97.4 Å². The molecule has 0 N–H and O–H groups in total. The average molecular weight is 242 g/mol. The Morgan fingerprint density at radius 1 is 1.31 bits per heavy atom. The molecular formula is C11H18N2O2S. The van der Waals surface area contributed by atoms with Crippen LogP contribution in [0, 0.1) is 0 Å². The molecule has 4 nitrogen and oxygen atoms in total. The van der Waals surface area contributed by atoms with Crippen molar-refractivity contribution in [3.8, 4) is 0 Å². The summed E-state index contributed by atoms with van der Waals surface area (Å²) in [6.45, 7) is 2.39. The summed E-state index contributed by atoms with van der Waals surface area (Å²) in [5, 5.41) is 0. The SMILES string of the molecule is CCCS(=O)(=O)N(C)CCc1ccncc1. The minimum Gasteiger partial charge on any atom is -0.265 e. The lowest BCUT2D eigenvalue weighted by molar-refractivity contribution is 0.472. The molecule has 0 aliphatic carbocycles. The molecule has 0 unspecified atom stereocenters. The van der Waals surface area contributed by atoms with Gasteiger partial charge in [0.25, 0.3) is 0 Å². The van der Waals surface area contributed by atoms with E-state index >= 15 is 0 Å². The lowest BCUT2D eigenvalue weighted by atomic mass is 10.2. The smallest absolute Gasteiger partial charge is 0.213 e. The number of likely N-dealkylation sites (N-methyl/N-ethyl adjacent to an activating group) is 1. The highest BCUT2D eigenvalue weighted by atomic mass is 32.2. The zero-order valence-electron chi connectivity index (χ0n) is 9.76. The van der Waals surface area contributed by atoms with Gasteiger partial charge in [0, 0.05) is 26.0 Å². The second-order valence-corrected chi connectivity index (χ2v) is 5.94. The van der Waals surface area contributed by atoms with Crippen LogP contribution in [0.2, 0.25) is 0 Å². The van der Waals surface area contributed by atoms with Crippen LogP contribution in [0.1, 0.15) is 18.9 Å². The predicted molar refractivity (Wildman–Crippen MR) is 64.6 cm³/mol. The molecule has 0 saturated heterocycles. The van der Waals surface area contributed by atoms with Gasteiger partial charge in [0.1, 0.15) is 0 Å². The first-order valence-corrected chi connectivity index (χ1v) is 7.00. The molecule has 16 heavy (non-hydrogen) atoms. The zero-order valence-corrected chi connectivity index (χ0v) is 10.6. The number of sulfonamides is 1.